The summed E-state index contributed by atoms with van der Waals surface area (Å²) in [5.41, 5.74) is 4.43. The van der Waals surface area contributed by atoms with Gasteiger partial charge in [-0.15, -0.1) is 0 Å². The molecule has 0 bridgehead atoms. The Bertz CT molecular complexity index is 265. The van der Waals surface area contributed by atoms with E-state index >= 15 is 0 Å². The summed E-state index contributed by atoms with van der Waals surface area (Å²) in [6.45, 7) is 3.37. The van der Waals surface area contributed by atoms with Gasteiger partial charge in [-0.05, 0) is 19.4 Å². The van der Waals surface area contributed by atoms with Crippen LogP contribution in [0.2, 0.25) is 0 Å². The molecule has 0 fully saturated rings. The van der Waals surface area contributed by atoms with Crippen LogP contribution in [0.1, 0.15) is 20.3 Å². The van der Waals surface area contributed by atoms with E-state index in [4.69, 9.17) is 15.7 Å². The van der Waals surface area contributed by atoms with Crippen molar-refractivity contribution in [1.29, 1.82) is 5.26 Å². The molecule has 0 aliphatic heterocycles. The van der Waals surface area contributed by atoms with Gasteiger partial charge in [0.05, 0.1) is 0 Å². The number of nitriles is 1. The largest absolute Gasteiger partial charge is 0.366 e. The molecule has 72 valence electrons. The molecule has 0 aliphatic carbocycles. The van der Waals surface area contributed by atoms with Gasteiger partial charge < -0.3 is 10.5 Å². The fourth-order valence-electron chi connectivity index (χ4n) is 0.817. The summed E-state index contributed by atoms with van der Waals surface area (Å²) in [6, 6.07) is 1.94. The van der Waals surface area contributed by atoms with Crippen molar-refractivity contribution in [2.45, 2.75) is 25.9 Å². The number of primary amides is 1. The number of rotatable bonds is 4. The Hall–Kier alpha value is -1.34. The van der Waals surface area contributed by atoms with Gasteiger partial charge in [-0.25, -0.2) is 0 Å². The molecule has 0 saturated carbocycles. The Morgan fingerprint density at radius 1 is 1.77 bits per heavy atom. The molecule has 0 aliphatic rings. The molecule has 0 saturated heterocycles. The minimum absolute atomic E-state index is 0.408. The van der Waals surface area contributed by atoms with Crippen LogP contribution in [0.3, 0.4) is 0 Å². The van der Waals surface area contributed by atoms with Crippen LogP contribution in [-0.2, 0) is 9.53 Å². The Morgan fingerprint density at radius 3 is 2.54 bits per heavy atom. The van der Waals surface area contributed by atoms with E-state index in [1.54, 1.807) is 13.8 Å². The summed E-state index contributed by atoms with van der Waals surface area (Å²) in [5.74, 6) is -0.513. The van der Waals surface area contributed by atoms with E-state index in [0.29, 0.717) is 12.0 Å². The van der Waals surface area contributed by atoms with Crippen molar-refractivity contribution in [2.75, 3.05) is 7.11 Å². The summed E-state index contributed by atoms with van der Waals surface area (Å²) in [6.07, 6.45) is 1.95. The monoisotopic (exact) mass is 182 g/mol. The standard InChI is InChI=1S/C9H14N2O2/c1-4-7(8(11)12)5-9(2,6-10)13-3/h5H,4H2,1-3H3,(H2,11,12)/b7-5+. The minimum atomic E-state index is -1.07. The molecule has 4 nitrogen and oxygen atoms in total. The van der Waals surface area contributed by atoms with Gasteiger partial charge in [-0.1, -0.05) is 6.92 Å². The van der Waals surface area contributed by atoms with Crippen LogP contribution in [0.5, 0.6) is 0 Å². The number of hydrogen-bond acceptors (Lipinski definition) is 3. The number of ether oxygens (including phenoxy) is 1. The highest BCUT2D eigenvalue weighted by Crippen LogP contribution is 2.14. The smallest absolute Gasteiger partial charge is 0.244 e. The number of methoxy groups -OCH3 is 1. The van der Waals surface area contributed by atoms with Gasteiger partial charge in [0, 0.05) is 12.7 Å². The quantitative estimate of drug-likeness (QED) is 0.651. The van der Waals surface area contributed by atoms with Crippen molar-refractivity contribution in [2.24, 2.45) is 5.73 Å². The highest BCUT2D eigenvalue weighted by Gasteiger charge is 2.21. The number of hydrogen-bond donors (Lipinski definition) is 1. The molecule has 0 aromatic carbocycles. The van der Waals surface area contributed by atoms with Gasteiger partial charge in [-0.2, -0.15) is 5.26 Å². The highest BCUT2D eigenvalue weighted by molar-refractivity contribution is 5.92. The second-order valence-corrected chi connectivity index (χ2v) is 2.81. The normalized spacial score (nSPS) is 16.0. The fourth-order valence-corrected chi connectivity index (χ4v) is 0.817. The SMILES string of the molecule is CC/C(=C\C(C)(C#N)OC)C(N)=O. The number of carbonyl (C=O) groups excluding carboxylic acids is 1. The van der Waals surface area contributed by atoms with E-state index in [2.05, 4.69) is 0 Å². The van der Waals surface area contributed by atoms with Crippen molar-refractivity contribution in [3.63, 3.8) is 0 Å². The number of carbonyl (C=O) groups is 1. The van der Waals surface area contributed by atoms with Crippen LogP contribution in [0.15, 0.2) is 11.6 Å². The van der Waals surface area contributed by atoms with Crippen LogP contribution in [0, 0.1) is 11.3 Å². The Balaban J connectivity index is 4.88. The predicted octanol–water partition coefficient (Wildman–Crippen LogP) is 0.737. The summed E-state index contributed by atoms with van der Waals surface area (Å²) >= 11 is 0. The fraction of sp³-hybridized carbons (Fsp3) is 0.556. The molecule has 4 heteroatoms. The average Bonchev–Trinajstić information content (AvgIpc) is 2.13. The third-order valence-electron chi connectivity index (χ3n) is 1.79. The number of nitrogens with two attached hydrogens (primary N) is 1. The molecule has 0 radical (unpaired) electrons. The van der Waals surface area contributed by atoms with Gasteiger partial charge in [0.1, 0.15) is 6.07 Å². The Labute approximate surface area is 78.0 Å². The Morgan fingerprint density at radius 2 is 2.31 bits per heavy atom. The van der Waals surface area contributed by atoms with Crippen LogP contribution < -0.4 is 5.73 Å². The molecule has 1 atom stereocenters. The first kappa shape index (κ1) is 11.7. The summed E-state index contributed by atoms with van der Waals surface area (Å²) in [5, 5.41) is 8.74. The summed E-state index contributed by atoms with van der Waals surface area (Å²) in [7, 11) is 1.41. The van der Waals surface area contributed by atoms with Gasteiger partial charge in [0.2, 0.25) is 5.91 Å². The summed E-state index contributed by atoms with van der Waals surface area (Å²) in [4.78, 5) is 10.8. The maximum atomic E-state index is 10.8. The lowest BCUT2D eigenvalue weighted by Crippen LogP contribution is -2.25. The zero-order valence-corrected chi connectivity index (χ0v) is 8.13. The van der Waals surface area contributed by atoms with E-state index in [-0.39, 0.29) is 0 Å². The lowest BCUT2D eigenvalue weighted by atomic mass is 10.0. The zero-order chi connectivity index (χ0) is 10.5. The minimum Gasteiger partial charge on any atom is -0.366 e. The molecular weight excluding hydrogens is 168 g/mol. The molecule has 0 rings (SSSR count). The third-order valence-corrected chi connectivity index (χ3v) is 1.79. The van der Waals surface area contributed by atoms with Crippen LogP contribution in [0.25, 0.3) is 0 Å². The second kappa shape index (κ2) is 4.63. The molecule has 0 heterocycles. The highest BCUT2D eigenvalue weighted by atomic mass is 16.5. The lowest BCUT2D eigenvalue weighted by Gasteiger charge is -2.15. The van der Waals surface area contributed by atoms with E-state index in [9.17, 15) is 4.79 Å². The topological polar surface area (TPSA) is 76.1 Å². The Kier molecular flexibility index (Phi) is 4.15. The van der Waals surface area contributed by atoms with Gasteiger partial charge in [0.25, 0.3) is 0 Å². The first-order valence-electron chi connectivity index (χ1n) is 3.97. The van der Waals surface area contributed by atoms with E-state index in [0.717, 1.165) is 0 Å². The number of amides is 1. The van der Waals surface area contributed by atoms with Crippen LogP contribution in [-0.4, -0.2) is 18.6 Å². The summed E-state index contributed by atoms with van der Waals surface area (Å²) < 4.78 is 4.92. The molecule has 13 heavy (non-hydrogen) atoms. The lowest BCUT2D eigenvalue weighted by molar-refractivity contribution is -0.114. The van der Waals surface area contributed by atoms with Crippen molar-refractivity contribution < 1.29 is 9.53 Å². The van der Waals surface area contributed by atoms with Crippen molar-refractivity contribution in [3.8, 4) is 6.07 Å². The molecular formula is C9H14N2O2. The maximum absolute atomic E-state index is 10.8. The average molecular weight is 182 g/mol. The first-order valence-corrected chi connectivity index (χ1v) is 3.97. The van der Waals surface area contributed by atoms with Gasteiger partial charge in [-0.3, -0.25) is 4.79 Å². The predicted molar refractivity (Wildman–Crippen MR) is 48.6 cm³/mol. The molecule has 1 amide bonds. The zero-order valence-electron chi connectivity index (χ0n) is 8.13. The van der Waals surface area contributed by atoms with Crippen LogP contribution >= 0.6 is 0 Å². The molecule has 0 aromatic heterocycles. The van der Waals surface area contributed by atoms with Gasteiger partial charge >= 0.3 is 0 Å². The molecule has 2 N–H and O–H groups in total. The van der Waals surface area contributed by atoms with Gasteiger partial charge in [0.15, 0.2) is 5.60 Å². The van der Waals surface area contributed by atoms with E-state index < -0.39 is 11.5 Å². The molecule has 0 aromatic rings. The number of nitrogens with zero attached hydrogens (tertiary/aromatic N) is 1. The maximum Gasteiger partial charge on any atom is 0.244 e. The van der Waals surface area contributed by atoms with Crippen molar-refractivity contribution >= 4 is 5.91 Å². The molecule has 1 unspecified atom stereocenters. The van der Waals surface area contributed by atoms with E-state index in [1.807, 2.05) is 6.07 Å². The third kappa shape index (κ3) is 3.26. The van der Waals surface area contributed by atoms with Crippen molar-refractivity contribution in [1.82, 2.24) is 0 Å². The van der Waals surface area contributed by atoms with Crippen LogP contribution in [0.4, 0.5) is 0 Å². The second-order valence-electron chi connectivity index (χ2n) is 2.81. The van der Waals surface area contributed by atoms with E-state index in [1.165, 1.54) is 13.2 Å². The van der Waals surface area contributed by atoms with Crippen molar-refractivity contribution in [3.05, 3.63) is 11.6 Å². The first-order chi connectivity index (χ1) is 5.99. The molecule has 0 spiro atoms.